The molecule has 0 aromatic heterocycles. The molecule has 0 saturated heterocycles. The number of phenolic OH excluding ortho intramolecular Hbond substituents is 2. The highest BCUT2D eigenvalue weighted by Crippen LogP contribution is 2.23. The summed E-state index contributed by atoms with van der Waals surface area (Å²) in [7, 11) is 0. The van der Waals surface area contributed by atoms with E-state index in [0.29, 0.717) is 30.2 Å². The molecule has 0 amide bonds. The van der Waals surface area contributed by atoms with Gasteiger partial charge in [0.15, 0.2) is 12.6 Å². The van der Waals surface area contributed by atoms with Gasteiger partial charge in [0, 0.05) is 23.6 Å². The van der Waals surface area contributed by atoms with Crippen molar-refractivity contribution < 1.29 is 19.8 Å². The summed E-state index contributed by atoms with van der Waals surface area (Å²) in [5, 5.41) is 20.2. The maximum absolute atomic E-state index is 11.0. The van der Waals surface area contributed by atoms with Crippen LogP contribution in [0.4, 0.5) is 0 Å². The van der Waals surface area contributed by atoms with Crippen LogP contribution in [0.1, 0.15) is 56.8 Å². The fourth-order valence-electron chi connectivity index (χ4n) is 2.70. The number of rotatable bonds is 7. The van der Waals surface area contributed by atoms with Gasteiger partial charge < -0.3 is 10.2 Å². The summed E-state index contributed by atoms with van der Waals surface area (Å²) in [5.41, 5.74) is 2.48. The Morgan fingerprint density at radius 2 is 1.25 bits per heavy atom. The van der Waals surface area contributed by atoms with Crippen LogP contribution in [-0.2, 0) is 0 Å². The molecule has 0 spiro atoms. The Morgan fingerprint density at radius 3 is 1.71 bits per heavy atom. The summed E-state index contributed by atoms with van der Waals surface area (Å²) in [6.07, 6.45) is 4.26. The topological polar surface area (TPSA) is 99.3 Å². The third kappa shape index (κ3) is 5.13. The van der Waals surface area contributed by atoms with Gasteiger partial charge in [0.1, 0.15) is 11.5 Å². The molecule has 6 heteroatoms. The van der Waals surface area contributed by atoms with E-state index in [1.807, 2.05) is 27.7 Å². The third-order valence-electron chi connectivity index (χ3n) is 4.14. The first-order chi connectivity index (χ1) is 13.2. The van der Waals surface area contributed by atoms with E-state index in [2.05, 4.69) is 9.98 Å². The van der Waals surface area contributed by atoms with Gasteiger partial charge in [-0.1, -0.05) is 0 Å². The number of aryl methyl sites for hydroxylation is 2. The Balaban J connectivity index is 2.19. The van der Waals surface area contributed by atoms with Gasteiger partial charge in [-0.2, -0.15) is 0 Å². The highest BCUT2D eigenvalue weighted by atomic mass is 16.3. The van der Waals surface area contributed by atoms with Crippen molar-refractivity contribution in [1.82, 2.24) is 0 Å². The molecule has 0 saturated carbocycles. The van der Waals surface area contributed by atoms with E-state index in [1.165, 1.54) is 12.4 Å². The van der Waals surface area contributed by atoms with Gasteiger partial charge in [0.25, 0.3) is 0 Å². The van der Waals surface area contributed by atoms with Gasteiger partial charge in [-0.05, 0) is 63.1 Å². The van der Waals surface area contributed by atoms with Crippen molar-refractivity contribution in [2.45, 2.75) is 33.2 Å². The molecule has 28 heavy (non-hydrogen) atoms. The van der Waals surface area contributed by atoms with E-state index >= 15 is 0 Å². The fraction of sp³-hybridized carbons (Fsp3) is 0.273. The lowest BCUT2D eigenvalue weighted by molar-refractivity contribution is 0.111. The highest BCUT2D eigenvalue weighted by molar-refractivity contribution is 5.91. The number of carbonyl (C=O) groups is 2. The second kappa shape index (κ2) is 8.61. The number of hydrogen-bond acceptors (Lipinski definition) is 6. The first kappa shape index (κ1) is 21.0. The van der Waals surface area contributed by atoms with Gasteiger partial charge in [-0.25, -0.2) is 0 Å². The number of aromatic hydroxyl groups is 2. The van der Waals surface area contributed by atoms with Crippen molar-refractivity contribution in [3.05, 3.63) is 57.6 Å². The molecule has 0 bridgehead atoms. The van der Waals surface area contributed by atoms with Crippen molar-refractivity contribution in [1.29, 1.82) is 0 Å². The third-order valence-corrected chi connectivity index (χ3v) is 4.14. The molecular formula is C22H24N2O4. The Morgan fingerprint density at radius 1 is 0.821 bits per heavy atom. The summed E-state index contributed by atoms with van der Waals surface area (Å²) in [6.45, 7) is 7.74. The van der Waals surface area contributed by atoms with Crippen molar-refractivity contribution >= 4 is 25.0 Å². The van der Waals surface area contributed by atoms with E-state index in [1.54, 1.807) is 24.3 Å². The smallest absolute Gasteiger partial charge is 0.153 e. The van der Waals surface area contributed by atoms with Crippen molar-refractivity contribution in [3.8, 4) is 11.5 Å². The van der Waals surface area contributed by atoms with Crippen LogP contribution in [0.25, 0.3) is 0 Å². The molecule has 0 aliphatic rings. The molecule has 0 fully saturated rings. The lowest BCUT2D eigenvalue weighted by atomic mass is 10.0. The SMILES string of the molecule is Cc1cc(C=O)c(O)c(C=NCC(C)(C)N=Cc2cc(C)cc(C=O)c2O)c1. The summed E-state index contributed by atoms with van der Waals surface area (Å²) in [5.74, 6) is -0.202. The highest BCUT2D eigenvalue weighted by Gasteiger charge is 2.15. The quantitative estimate of drug-likeness (QED) is 0.566. The molecule has 0 unspecified atom stereocenters. The zero-order valence-electron chi connectivity index (χ0n) is 16.4. The molecule has 0 radical (unpaired) electrons. The van der Waals surface area contributed by atoms with Crippen LogP contribution in [-0.4, -0.2) is 47.3 Å². The summed E-state index contributed by atoms with van der Waals surface area (Å²) >= 11 is 0. The van der Waals surface area contributed by atoms with Crippen LogP contribution in [0, 0.1) is 13.8 Å². The first-order valence-corrected chi connectivity index (χ1v) is 8.79. The molecule has 2 aromatic carbocycles. The summed E-state index contributed by atoms with van der Waals surface area (Å²) < 4.78 is 0. The standard InChI is InChI=1S/C22H24N2O4/c1-14-5-16(20(27)18(7-14)11-25)9-23-13-22(3,4)24-10-17-6-15(2)8-19(12-26)21(17)28/h5-12,27-28H,13H2,1-4H3. The Bertz CT molecular complexity index is 959. The number of aldehydes is 2. The molecule has 146 valence electrons. The zero-order chi connectivity index (χ0) is 20.9. The van der Waals surface area contributed by atoms with Gasteiger partial charge >= 0.3 is 0 Å². The monoisotopic (exact) mass is 380 g/mol. The maximum Gasteiger partial charge on any atom is 0.153 e. The predicted molar refractivity (Wildman–Crippen MR) is 111 cm³/mol. The molecule has 2 aromatic rings. The number of benzene rings is 2. The van der Waals surface area contributed by atoms with E-state index < -0.39 is 5.54 Å². The summed E-state index contributed by atoms with van der Waals surface area (Å²) in [6, 6.07) is 6.71. The van der Waals surface area contributed by atoms with Crippen molar-refractivity contribution in [2.75, 3.05) is 6.54 Å². The predicted octanol–water partition coefficient (Wildman–Crippen LogP) is 3.66. The lowest BCUT2D eigenvalue weighted by Gasteiger charge is -2.17. The van der Waals surface area contributed by atoms with E-state index in [9.17, 15) is 19.8 Å². The van der Waals surface area contributed by atoms with E-state index in [0.717, 1.165) is 11.1 Å². The molecule has 0 aliphatic heterocycles. The van der Waals surface area contributed by atoms with Crippen LogP contribution in [0.5, 0.6) is 11.5 Å². The minimum Gasteiger partial charge on any atom is -0.507 e. The zero-order valence-corrected chi connectivity index (χ0v) is 16.4. The fourth-order valence-corrected chi connectivity index (χ4v) is 2.70. The molecule has 0 heterocycles. The van der Waals surface area contributed by atoms with Gasteiger partial charge in [0.2, 0.25) is 0 Å². The van der Waals surface area contributed by atoms with Crippen LogP contribution in [0.15, 0.2) is 34.3 Å². The van der Waals surface area contributed by atoms with E-state index in [4.69, 9.17) is 0 Å². The van der Waals surface area contributed by atoms with Crippen molar-refractivity contribution in [2.24, 2.45) is 9.98 Å². The minimum atomic E-state index is -0.582. The van der Waals surface area contributed by atoms with Gasteiger partial charge in [-0.15, -0.1) is 0 Å². The Kier molecular flexibility index (Phi) is 6.46. The average molecular weight is 380 g/mol. The molecule has 0 aliphatic carbocycles. The molecular weight excluding hydrogens is 356 g/mol. The summed E-state index contributed by atoms with van der Waals surface area (Å²) in [4.78, 5) is 30.9. The van der Waals surface area contributed by atoms with Crippen LogP contribution < -0.4 is 0 Å². The molecule has 2 rings (SSSR count). The number of nitrogens with zero attached hydrogens (tertiary/aromatic N) is 2. The Hall–Kier alpha value is -3.28. The van der Waals surface area contributed by atoms with Gasteiger partial charge in [0.05, 0.1) is 23.2 Å². The number of phenols is 2. The van der Waals surface area contributed by atoms with Gasteiger partial charge in [-0.3, -0.25) is 19.6 Å². The average Bonchev–Trinajstić information content (AvgIpc) is 2.64. The van der Waals surface area contributed by atoms with Crippen LogP contribution in [0.2, 0.25) is 0 Å². The number of carbonyl (C=O) groups excluding carboxylic acids is 2. The van der Waals surface area contributed by atoms with Crippen LogP contribution >= 0.6 is 0 Å². The number of aliphatic imine (C=N–C) groups is 2. The second-order valence-corrected chi connectivity index (χ2v) is 7.36. The molecule has 2 N–H and O–H groups in total. The normalized spacial score (nSPS) is 12.0. The lowest BCUT2D eigenvalue weighted by Crippen LogP contribution is -2.21. The molecule has 6 nitrogen and oxygen atoms in total. The van der Waals surface area contributed by atoms with E-state index in [-0.39, 0.29) is 22.6 Å². The number of hydrogen-bond donors (Lipinski definition) is 2. The van der Waals surface area contributed by atoms with Crippen LogP contribution in [0.3, 0.4) is 0 Å². The first-order valence-electron chi connectivity index (χ1n) is 8.79. The minimum absolute atomic E-state index is 0.100. The molecule has 0 atom stereocenters. The maximum atomic E-state index is 11.0. The second-order valence-electron chi connectivity index (χ2n) is 7.36. The Labute approximate surface area is 164 Å². The largest absolute Gasteiger partial charge is 0.507 e. The van der Waals surface area contributed by atoms with Crippen molar-refractivity contribution in [3.63, 3.8) is 0 Å².